The summed E-state index contributed by atoms with van der Waals surface area (Å²) in [4.78, 5) is 21.6. The van der Waals surface area contributed by atoms with Crippen LogP contribution in [0.2, 0.25) is 7.86 Å². The molecule has 108 valence electrons. The Morgan fingerprint density at radius 2 is 1.30 bits per heavy atom. The van der Waals surface area contributed by atoms with Gasteiger partial charge >= 0.3 is 146 Å². The molecule has 0 N–H and O–H groups in total. The number of carbonyl (C=O) groups excluding carboxylic acids is 2. The van der Waals surface area contributed by atoms with Gasteiger partial charge in [-0.25, -0.2) is 0 Å². The van der Waals surface area contributed by atoms with E-state index in [1.807, 2.05) is 13.8 Å². The molecule has 0 aromatic carbocycles. The molecule has 0 spiro atoms. The molecule has 1 aliphatic rings. The topological polar surface area (TPSA) is 71.1 Å². The molecule has 20 heavy (non-hydrogen) atoms. The van der Waals surface area contributed by atoms with Crippen molar-refractivity contribution in [3.05, 3.63) is 0 Å². The second-order valence-electron chi connectivity index (χ2n) is 5.66. The quantitative estimate of drug-likeness (QED) is 0.403. The summed E-state index contributed by atoms with van der Waals surface area (Å²) < 4.78 is 23.9. The van der Waals surface area contributed by atoms with E-state index in [1.165, 1.54) is 13.8 Å². The number of hydrogen-bond donors (Lipinski definition) is 0. The van der Waals surface area contributed by atoms with E-state index in [1.54, 1.807) is 0 Å². The summed E-state index contributed by atoms with van der Waals surface area (Å²) in [5.74, 6) is -0.374. The summed E-state index contributed by atoms with van der Waals surface area (Å²) in [5, 5.41) is 0. The molecule has 1 fully saturated rings. The third-order valence-corrected chi connectivity index (χ3v) is 17.9. The Morgan fingerprint density at radius 3 is 1.55 bits per heavy atom. The standard InChI is InChI=1S/C8H14O2.2C2H4O2.2Hg/c1-7(2)5-10-8(3,4)6-9-7;2*1-2(3)4;;/h1,3,5-6H2,2,4H3;2*1H3,(H,3,4);;/q;;;2*+1/p-2. The molecule has 8 heteroatoms. The van der Waals surface area contributed by atoms with E-state index in [0.717, 1.165) is 7.86 Å². The van der Waals surface area contributed by atoms with Gasteiger partial charge in [0.05, 0.1) is 0 Å². The minimum atomic E-state index is -1.66. The minimum absolute atomic E-state index is 0.187. The fraction of sp³-hybridized carbons (Fsp3) is 0.833. The van der Waals surface area contributed by atoms with Gasteiger partial charge < -0.3 is 0 Å². The summed E-state index contributed by atoms with van der Waals surface area (Å²) in [6.45, 7) is 7.93. The van der Waals surface area contributed by atoms with Crippen LogP contribution >= 0.6 is 0 Å². The first kappa shape index (κ1) is 18.8. The van der Waals surface area contributed by atoms with Crippen LogP contribution in [-0.4, -0.2) is 36.4 Å². The van der Waals surface area contributed by atoms with Gasteiger partial charge in [0.15, 0.2) is 0 Å². The fourth-order valence-electron chi connectivity index (χ4n) is 1.85. The van der Waals surface area contributed by atoms with E-state index in [-0.39, 0.29) is 23.1 Å². The summed E-state index contributed by atoms with van der Waals surface area (Å²) in [6.07, 6.45) is 0. The molecule has 1 saturated heterocycles. The number of ether oxygens (including phenoxy) is 2. The zero-order chi connectivity index (χ0) is 15.2. The molecule has 0 radical (unpaired) electrons. The van der Waals surface area contributed by atoms with Gasteiger partial charge in [0.25, 0.3) is 0 Å². The van der Waals surface area contributed by atoms with E-state index < -0.39 is 50.1 Å². The van der Waals surface area contributed by atoms with Crippen molar-refractivity contribution in [2.24, 2.45) is 0 Å². The average Bonchev–Trinajstić information content (AvgIpc) is 2.33. The molecule has 1 rings (SSSR count). The van der Waals surface area contributed by atoms with Crippen LogP contribution in [-0.2, 0) is 74.4 Å². The van der Waals surface area contributed by atoms with Crippen LogP contribution in [0.25, 0.3) is 0 Å². The molecule has 0 bridgehead atoms. The second-order valence-corrected chi connectivity index (χ2v) is 15.0. The molecule has 0 aromatic heterocycles. The average molecular weight is 661 g/mol. The van der Waals surface area contributed by atoms with Crippen molar-refractivity contribution in [3.63, 3.8) is 0 Å². The molecule has 0 aliphatic carbocycles. The van der Waals surface area contributed by atoms with Gasteiger partial charge in [0.1, 0.15) is 0 Å². The van der Waals surface area contributed by atoms with Crippen LogP contribution in [0.1, 0.15) is 27.7 Å². The monoisotopic (exact) mass is 664 g/mol. The van der Waals surface area contributed by atoms with Crippen LogP contribution in [0.15, 0.2) is 0 Å². The van der Waals surface area contributed by atoms with E-state index in [4.69, 9.17) is 14.8 Å². The van der Waals surface area contributed by atoms with Crippen molar-refractivity contribution in [2.45, 2.75) is 46.8 Å². The summed E-state index contributed by atoms with van der Waals surface area (Å²) >= 11 is -3.31. The van der Waals surface area contributed by atoms with Crippen molar-refractivity contribution < 1.29 is 74.4 Å². The molecule has 1 heterocycles. The van der Waals surface area contributed by atoms with E-state index in [0.29, 0.717) is 13.2 Å². The Labute approximate surface area is 145 Å². The van der Waals surface area contributed by atoms with Crippen molar-refractivity contribution in [1.29, 1.82) is 0 Å². The first-order valence-corrected chi connectivity index (χ1v) is 19.1. The molecule has 0 amide bonds. The van der Waals surface area contributed by atoms with E-state index in [2.05, 4.69) is 0 Å². The van der Waals surface area contributed by atoms with Gasteiger partial charge in [-0.3, -0.25) is 0 Å². The van der Waals surface area contributed by atoms with Gasteiger partial charge in [-0.05, 0) is 0 Å². The predicted octanol–water partition coefficient (Wildman–Crippen LogP) is 1.51. The van der Waals surface area contributed by atoms with Gasteiger partial charge in [-0.2, -0.15) is 0 Å². The SMILES string of the molecule is CC(=O)[O][Hg][CH2]C1(C)COC(C)([CH2][Hg][O]C(C)=O)CO1. The first-order chi connectivity index (χ1) is 9.25. The van der Waals surface area contributed by atoms with Gasteiger partial charge in [-0.15, -0.1) is 0 Å². The molecule has 2 atom stereocenters. The molecular formula is C12H20Hg2O6. The molecular weight excluding hydrogens is 641 g/mol. The van der Waals surface area contributed by atoms with Crippen LogP contribution in [0.5, 0.6) is 0 Å². The Kier molecular flexibility index (Phi) is 7.87. The predicted molar refractivity (Wildman–Crippen MR) is 61.9 cm³/mol. The molecule has 1 aliphatic heterocycles. The number of hydrogen-bond acceptors (Lipinski definition) is 6. The van der Waals surface area contributed by atoms with Crippen molar-refractivity contribution >= 4 is 11.9 Å². The number of rotatable bonds is 6. The Morgan fingerprint density at radius 1 is 0.950 bits per heavy atom. The van der Waals surface area contributed by atoms with E-state index in [9.17, 15) is 9.59 Å². The van der Waals surface area contributed by atoms with Crippen molar-refractivity contribution in [1.82, 2.24) is 0 Å². The van der Waals surface area contributed by atoms with Crippen LogP contribution in [0.4, 0.5) is 0 Å². The first-order valence-electron chi connectivity index (χ1n) is 6.79. The maximum atomic E-state index is 10.8. The van der Waals surface area contributed by atoms with Crippen molar-refractivity contribution in [2.75, 3.05) is 13.2 Å². The Bertz CT molecular complexity index is 318. The van der Waals surface area contributed by atoms with E-state index >= 15 is 0 Å². The van der Waals surface area contributed by atoms with Crippen LogP contribution in [0, 0.1) is 0 Å². The molecule has 6 nitrogen and oxygen atoms in total. The number of carbonyl (C=O) groups is 2. The zero-order valence-electron chi connectivity index (χ0n) is 12.7. The molecule has 2 unspecified atom stereocenters. The van der Waals surface area contributed by atoms with Crippen molar-refractivity contribution in [3.8, 4) is 0 Å². The van der Waals surface area contributed by atoms with Gasteiger partial charge in [0, 0.05) is 0 Å². The Hall–Kier alpha value is 0.730. The third kappa shape index (κ3) is 7.13. The summed E-state index contributed by atoms with van der Waals surface area (Å²) in [7, 11) is 0. The fourth-order valence-corrected chi connectivity index (χ4v) is 10.5. The molecule has 0 aromatic rings. The Balaban J connectivity index is 2.33. The van der Waals surface area contributed by atoms with Gasteiger partial charge in [0.2, 0.25) is 0 Å². The summed E-state index contributed by atoms with van der Waals surface area (Å²) in [5.41, 5.74) is -0.649. The van der Waals surface area contributed by atoms with Crippen LogP contribution < -0.4 is 0 Å². The maximum absolute atomic E-state index is 10.8. The van der Waals surface area contributed by atoms with Gasteiger partial charge in [-0.1, -0.05) is 0 Å². The third-order valence-electron chi connectivity index (χ3n) is 3.32. The van der Waals surface area contributed by atoms with Crippen LogP contribution in [0.3, 0.4) is 0 Å². The summed E-state index contributed by atoms with van der Waals surface area (Å²) in [6, 6.07) is 0. The zero-order valence-corrected chi connectivity index (χ0v) is 23.7. The normalized spacial score (nSPS) is 29.0. The molecule has 0 saturated carbocycles. The second kappa shape index (κ2) is 8.39.